The SMILES string of the molecule is CCOCC(C)OCCC(O)CN. The molecule has 0 aliphatic heterocycles. The van der Waals surface area contributed by atoms with Gasteiger partial charge in [-0.05, 0) is 20.3 Å². The fourth-order valence-electron chi connectivity index (χ4n) is 0.855. The van der Waals surface area contributed by atoms with Crippen LogP contribution in [0.5, 0.6) is 0 Å². The monoisotopic (exact) mass is 191 g/mol. The second-order valence-electron chi connectivity index (χ2n) is 3.02. The molecule has 0 bridgehead atoms. The molecule has 0 aliphatic rings. The highest BCUT2D eigenvalue weighted by atomic mass is 16.5. The first-order chi connectivity index (χ1) is 6.20. The zero-order valence-corrected chi connectivity index (χ0v) is 8.53. The Morgan fingerprint density at radius 2 is 2.15 bits per heavy atom. The van der Waals surface area contributed by atoms with Crippen molar-refractivity contribution < 1.29 is 14.6 Å². The fourth-order valence-corrected chi connectivity index (χ4v) is 0.855. The summed E-state index contributed by atoms with van der Waals surface area (Å²) in [6.45, 7) is 6.04. The molecule has 4 nitrogen and oxygen atoms in total. The molecule has 13 heavy (non-hydrogen) atoms. The molecule has 2 atom stereocenters. The van der Waals surface area contributed by atoms with Crippen LogP contribution in [0.15, 0.2) is 0 Å². The van der Waals surface area contributed by atoms with E-state index in [1.54, 1.807) is 0 Å². The molecule has 0 aromatic carbocycles. The Hall–Kier alpha value is -0.160. The van der Waals surface area contributed by atoms with E-state index in [4.69, 9.17) is 20.3 Å². The van der Waals surface area contributed by atoms with Crippen molar-refractivity contribution in [1.29, 1.82) is 0 Å². The Balaban J connectivity index is 3.21. The van der Waals surface area contributed by atoms with Crippen LogP contribution in [0.2, 0.25) is 0 Å². The molecule has 4 heteroatoms. The van der Waals surface area contributed by atoms with Crippen molar-refractivity contribution in [2.24, 2.45) is 5.73 Å². The van der Waals surface area contributed by atoms with Crippen LogP contribution in [0.25, 0.3) is 0 Å². The van der Waals surface area contributed by atoms with Crippen molar-refractivity contribution in [2.45, 2.75) is 32.5 Å². The normalized spacial score (nSPS) is 15.7. The summed E-state index contributed by atoms with van der Waals surface area (Å²) in [5, 5.41) is 9.11. The topological polar surface area (TPSA) is 64.7 Å². The highest BCUT2D eigenvalue weighted by Crippen LogP contribution is 1.96. The molecule has 0 aliphatic carbocycles. The average Bonchev–Trinajstić information content (AvgIpc) is 2.14. The van der Waals surface area contributed by atoms with Crippen LogP contribution in [0, 0.1) is 0 Å². The maximum atomic E-state index is 9.11. The molecular formula is C9H21NO3. The Morgan fingerprint density at radius 1 is 1.46 bits per heavy atom. The molecule has 0 aromatic rings. The summed E-state index contributed by atoms with van der Waals surface area (Å²) in [7, 11) is 0. The quantitative estimate of drug-likeness (QED) is 0.572. The first-order valence-corrected chi connectivity index (χ1v) is 4.78. The summed E-state index contributed by atoms with van der Waals surface area (Å²) >= 11 is 0. The van der Waals surface area contributed by atoms with E-state index in [-0.39, 0.29) is 6.10 Å². The van der Waals surface area contributed by atoms with Gasteiger partial charge in [0.15, 0.2) is 0 Å². The van der Waals surface area contributed by atoms with Gasteiger partial charge in [-0.15, -0.1) is 0 Å². The molecule has 0 saturated heterocycles. The minimum Gasteiger partial charge on any atom is -0.392 e. The molecular weight excluding hydrogens is 170 g/mol. The van der Waals surface area contributed by atoms with E-state index in [2.05, 4.69) is 0 Å². The summed E-state index contributed by atoms with van der Waals surface area (Å²) < 4.78 is 10.5. The van der Waals surface area contributed by atoms with Gasteiger partial charge in [-0.1, -0.05) is 0 Å². The lowest BCUT2D eigenvalue weighted by Gasteiger charge is -2.14. The maximum Gasteiger partial charge on any atom is 0.0780 e. The van der Waals surface area contributed by atoms with E-state index in [1.807, 2.05) is 13.8 Å². The molecule has 0 spiro atoms. The van der Waals surface area contributed by atoms with Crippen LogP contribution in [-0.4, -0.2) is 43.7 Å². The summed E-state index contributed by atoms with van der Waals surface area (Å²) in [6.07, 6.45) is 0.233. The van der Waals surface area contributed by atoms with E-state index in [0.29, 0.717) is 32.8 Å². The Bertz CT molecular complexity index is 111. The third kappa shape index (κ3) is 8.18. The van der Waals surface area contributed by atoms with Crippen molar-refractivity contribution in [3.8, 4) is 0 Å². The molecule has 2 unspecified atom stereocenters. The largest absolute Gasteiger partial charge is 0.392 e. The van der Waals surface area contributed by atoms with Crippen molar-refractivity contribution >= 4 is 0 Å². The van der Waals surface area contributed by atoms with Gasteiger partial charge in [0.25, 0.3) is 0 Å². The Morgan fingerprint density at radius 3 is 2.69 bits per heavy atom. The van der Waals surface area contributed by atoms with E-state index >= 15 is 0 Å². The summed E-state index contributed by atoms with van der Waals surface area (Å²) in [5.74, 6) is 0. The minimum absolute atomic E-state index is 0.0879. The van der Waals surface area contributed by atoms with Gasteiger partial charge in [0.2, 0.25) is 0 Å². The van der Waals surface area contributed by atoms with Crippen molar-refractivity contribution in [1.82, 2.24) is 0 Å². The zero-order valence-electron chi connectivity index (χ0n) is 8.53. The molecule has 0 radical (unpaired) electrons. The highest BCUT2D eigenvalue weighted by Gasteiger charge is 2.04. The van der Waals surface area contributed by atoms with E-state index in [1.165, 1.54) is 0 Å². The molecule has 0 saturated carbocycles. The number of nitrogens with two attached hydrogens (primary N) is 1. The lowest BCUT2D eigenvalue weighted by Crippen LogP contribution is -2.23. The Labute approximate surface area is 80.0 Å². The summed E-state index contributed by atoms with van der Waals surface area (Å²) in [5.41, 5.74) is 5.24. The Kier molecular flexibility index (Phi) is 8.33. The van der Waals surface area contributed by atoms with Crippen molar-refractivity contribution in [2.75, 3.05) is 26.4 Å². The van der Waals surface area contributed by atoms with Crippen LogP contribution < -0.4 is 5.73 Å². The molecule has 0 fully saturated rings. The van der Waals surface area contributed by atoms with E-state index in [0.717, 1.165) is 0 Å². The lowest BCUT2D eigenvalue weighted by molar-refractivity contribution is -0.0137. The highest BCUT2D eigenvalue weighted by molar-refractivity contribution is 4.55. The lowest BCUT2D eigenvalue weighted by atomic mass is 10.3. The fraction of sp³-hybridized carbons (Fsp3) is 1.00. The molecule has 0 rings (SSSR count). The number of rotatable bonds is 8. The summed E-state index contributed by atoms with van der Waals surface area (Å²) in [6, 6.07) is 0. The van der Waals surface area contributed by atoms with Gasteiger partial charge >= 0.3 is 0 Å². The van der Waals surface area contributed by atoms with E-state index in [9.17, 15) is 0 Å². The average molecular weight is 191 g/mol. The standard InChI is InChI=1S/C9H21NO3/c1-3-12-7-8(2)13-5-4-9(11)6-10/h8-9,11H,3-7,10H2,1-2H3. The minimum atomic E-state index is -0.445. The third-order valence-electron chi connectivity index (χ3n) is 1.68. The first-order valence-electron chi connectivity index (χ1n) is 4.78. The third-order valence-corrected chi connectivity index (χ3v) is 1.68. The van der Waals surface area contributed by atoms with Gasteiger partial charge < -0.3 is 20.3 Å². The first kappa shape index (κ1) is 12.8. The van der Waals surface area contributed by atoms with Crippen LogP contribution in [0.4, 0.5) is 0 Å². The zero-order chi connectivity index (χ0) is 10.1. The van der Waals surface area contributed by atoms with Crippen LogP contribution in [0.1, 0.15) is 20.3 Å². The van der Waals surface area contributed by atoms with Crippen LogP contribution >= 0.6 is 0 Å². The van der Waals surface area contributed by atoms with Crippen LogP contribution in [0.3, 0.4) is 0 Å². The van der Waals surface area contributed by atoms with Crippen LogP contribution in [-0.2, 0) is 9.47 Å². The number of ether oxygens (including phenoxy) is 2. The van der Waals surface area contributed by atoms with Gasteiger partial charge in [-0.2, -0.15) is 0 Å². The van der Waals surface area contributed by atoms with Gasteiger partial charge in [0, 0.05) is 19.8 Å². The molecule has 3 N–H and O–H groups in total. The van der Waals surface area contributed by atoms with Gasteiger partial charge in [0.1, 0.15) is 0 Å². The van der Waals surface area contributed by atoms with Gasteiger partial charge in [-0.3, -0.25) is 0 Å². The van der Waals surface area contributed by atoms with Crippen molar-refractivity contribution in [3.05, 3.63) is 0 Å². The predicted octanol–water partition coefficient (Wildman–Crippen LogP) is 0.138. The molecule has 0 amide bonds. The number of aliphatic hydroxyl groups excluding tert-OH is 1. The summed E-state index contributed by atoms with van der Waals surface area (Å²) in [4.78, 5) is 0. The van der Waals surface area contributed by atoms with Gasteiger partial charge in [0.05, 0.1) is 18.8 Å². The smallest absolute Gasteiger partial charge is 0.0780 e. The van der Waals surface area contributed by atoms with Gasteiger partial charge in [-0.25, -0.2) is 0 Å². The second-order valence-corrected chi connectivity index (χ2v) is 3.02. The van der Waals surface area contributed by atoms with Crippen molar-refractivity contribution in [3.63, 3.8) is 0 Å². The predicted molar refractivity (Wildman–Crippen MR) is 51.6 cm³/mol. The molecule has 0 aromatic heterocycles. The second kappa shape index (κ2) is 8.44. The molecule has 80 valence electrons. The maximum absolute atomic E-state index is 9.11. The van der Waals surface area contributed by atoms with E-state index < -0.39 is 6.10 Å². The number of hydrogen-bond acceptors (Lipinski definition) is 4. The number of aliphatic hydroxyl groups is 1. The number of hydrogen-bond donors (Lipinski definition) is 2. The molecule has 0 heterocycles.